The number of benzene rings is 2. The highest BCUT2D eigenvalue weighted by Crippen LogP contribution is 2.14. The third-order valence-electron chi connectivity index (χ3n) is 2.32. The number of amides is 1. The molecule has 21 heavy (non-hydrogen) atoms. The molecule has 0 aliphatic rings. The second-order valence-corrected chi connectivity index (χ2v) is 3.76. The van der Waals surface area contributed by atoms with Crippen LogP contribution < -0.4 is 5.73 Å². The van der Waals surface area contributed by atoms with Crippen LogP contribution in [0.4, 0.5) is 13.2 Å². The molecular formula is C14H10F3NO3. The third kappa shape index (κ3) is 4.34. The van der Waals surface area contributed by atoms with Gasteiger partial charge in [-0.1, -0.05) is 18.2 Å². The molecule has 0 saturated heterocycles. The van der Waals surface area contributed by atoms with E-state index in [2.05, 4.69) is 0 Å². The summed E-state index contributed by atoms with van der Waals surface area (Å²) in [6, 6.07) is 9.98. The van der Waals surface area contributed by atoms with Crippen LogP contribution in [0.15, 0.2) is 42.5 Å². The van der Waals surface area contributed by atoms with Crippen molar-refractivity contribution in [2.24, 2.45) is 5.73 Å². The van der Waals surface area contributed by atoms with Crippen molar-refractivity contribution in [3.8, 4) is 0 Å². The van der Waals surface area contributed by atoms with Gasteiger partial charge in [-0.05, 0) is 24.3 Å². The van der Waals surface area contributed by atoms with Crippen LogP contribution in [0.25, 0.3) is 0 Å². The predicted octanol–water partition coefficient (Wildman–Crippen LogP) is 2.59. The van der Waals surface area contributed by atoms with E-state index in [1.165, 1.54) is 0 Å². The maximum atomic E-state index is 12.5. The van der Waals surface area contributed by atoms with Crippen molar-refractivity contribution < 1.29 is 27.9 Å². The number of carboxylic acid groups (broad SMARTS) is 1. The van der Waals surface area contributed by atoms with E-state index in [4.69, 9.17) is 10.8 Å². The Balaban J connectivity index is 0.000000219. The number of hydrogen-bond donors (Lipinski definition) is 2. The van der Waals surface area contributed by atoms with E-state index in [0.717, 1.165) is 0 Å². The molecule has 0 spiro atoms. The molecule has 0 aliphatic heterocycles. The van der Waals surface area contributed by atoms with Crippen LogP contribution in [0.2, 0.25) is 0 Å². The summed E-state index contributed by atoms with van der Waals surface area (Å²) in [5, 5.41) is 8.25. The topological polar surface area (TPSA) is 80.4 Å². The highest BCUT2D eigenvalue weighted by Gasteiger charge is 2.17. The molecule has 0 aromatic heterocycles. The number of rotatable bonds is 2. The minimum atomic E-state index is -1.77. The second-order valence-electron chi connectivity index (χ2n) is 3.76. The molecule has 3 N–H and O–H groups in total. The molecule has 110 valence electrons. The predicted molar refractivity (Wildman–Crippen MR) is 68.2 cm³/mol. The minimum Gasteiger partial charge on any atom is -0.478 e. The first kappa shape index (κ1) is 16.2. The summed E-state index contributed by atoms with van der Waals surface area (Å²) in [6.45, 7) is 0. The SMILES string of the molecule is NC(=O)c1ccccc1.O=C(O)c1ccc(F)c(F)c1F. The first-order valence-electron chi connectivity index (χ1n) is 5.56. The van der Waals surface area contributed by atoms with Crippen molar-refractivity contribution in [3.63, 3.8) is 0 Å². The van der Waals surface area contributed by atoms with Crippen LogP contribution in [0.5, 0.6) is 0 Å². The number of primary amides is 1. The number of halogens is 3. The zero-order valence-electron chi connectivity index (χ0n) is 10.5. The number of carboxylic acids is 1. The van der Waals surface area contributed by atoms with Gasteiger partial charge in [0, 0.05) is 5.56 Å². The zero-order chi connectivity index (χ0) is 16.0. The fourth-order valence-corrected chi connectivity index (χ4v) is 1.29. The summed E-state index contributed by atoms with van der Waals surface area (Å²) in [7, 11) is 0. The lowest BCUT2D eigenvalue weighted by Crippen LogP contribution is -2.09. The molecule has 0 radical (unpaired) electrons. The molecular weight excluding hydrogens is 287 g/mol. The third-order valence-corrected chi connectivity index (χ3v) is 2.32. The van der Waals surface area contributed by atoms with Crippen molar-refractivity contribution in [1.29, 1.82) is 0 Å². The Labute approximate surface area is 117 Å². The molecule has 0 fully saturated rings. The Bertz CT molecular complexity index is 660. The summed E-state index contributed by atoms with van der Waals surface area (Å²) in [4.78, 5) is 20.6. The molecule has 1 amide bonds. The molecule has 7 heteroatoms. The quantitative estimate of drug-likeness (QED) is 0.836. The lowest BCUT2D eigenvalue weighted by atomic mass is 10.2. The number of carbonyl (C=O) groups excluding carboxylic acids is 1. The van der Waals surface area contributed by atoms with Crippen LogP contribution in [-0.4, -0.2) is 17.0 Å². The Hall–Kier alpha value is -2.83. The van der Waals surface area contributed by atoms with Crippen LogP contribution in [0, 0.1) is 17.5 Å². The van der Waals surface area contributed by atoms with Crippen molar-refractivity contribution in [2.75, 3.05) is 0 Å². The largest absolute Gasteiger partial charge is 0.478 e. The van der Waals surface area contributed by atoms with Crippen LogP contribution >= 0.6 is 0 Å². The van der Waals surface area contributed by atoms with Gasteiger partial charge in [-0.15, -0.1) is 0 Å². The summed E-state index contributed by atoms with van der Waals surface area (Å²) in [6.07, 6.45) is 0. The number of carbonyl (C=O) groups is 2. The van der Waals surface area contributed by atoms with Crippen LogP contribution in [0.3, 0.4) is 0 Å². The average molecular weight is 297 g/mol. The van der Waals surface area contributed by atoms with Crippen LogP contribution in [-0.2, 0) is 0 Å². The van der Waals surface area contributed by atoms with Gasteiger partial charge in [-0.25, -0.2) is 18.0 Å². The minimum absolute atomic E-state index is 0.379. The Morgan fingerprint density at radius 2 is 1.48 bits per heavy atom. The van der Waals surface area contributed by atoms with Crippen LogP contribution in [0.1, 0.15) is 20.7 Å². The second kappa shape index (κ2) is 7.09. The summed E-state index contributed by atoms with van der Waals surface area (Å²) in [5.41, 5.74) is 4.65. The first-order valence-corrected chi connectivity index (χ1v) is 5.56. The molecule has 0 unspecified atom stereocenters. The van der Waals surface area contributed by atoms with E-state index in [1.54, 1.807) is 24.3 Å². The lowest BCUT2D eigenvalue weighted by Gasteiger charge is -1.98. The van der Waals surface area contributed by atoms with Gasteiger partial charge in [0.1, 0.15) is 0 Å². The normalized spacial score (nSPS) is 9.48. The molecule has 0 bridgehead atoms. The van der Waals surface area contributed by atoms with Gasteiger partial charge in [0.25, 0.3) is 0 Å². The van der Waals surface area contributed by atoms with E-state index in [-0.39, 0.29) is 5.91 Å². The van der Waals surface area contributed by atoms with E-state index >= 15 is 0 Å². The molecule has 0 heterocycles. The summed E-state index contributed by atoms with van der Waals surface area (Å²) < 4.78 is 37.1. The fourth-order valence-electron chi connectivity index (χ4n) is 1.29. The Morgan fingerprint density at radius 3 is 1.90 bits per heavy atom. The Morgan fingerprint density at radius 1 is 0.905 bits per heavy atom. The van der Waals surface area contributed by atoms with Gasteiger partial charge in [0.15, 0.2) is 17.5 Å². The number of nitrogens with two attached hydrogens (primary N) is 1. The first-order chi connectivity index (χ1) is 9.84. The highest BCUT2D eigenvalue weighted by molar-refractivity contribution is 5.92. The molecule has 2 rings (SSSR count). The highest BCUT2D eigenvalue weighted by atomic mass is 19.2. The molecule has 2 aromatic rings. The van der Waals surface area contributed by atoms with Gasteiger partial charge in [0.2, 0.25) is 5.91 Å². The maximum absolute atomic E-state index is 12.5. The zero-order valence-corrected chi connectivity index (χ0v) is 10.5. The summed E-state index contributed by atoms with van der Waals surface area (Å²) >= 11 is 0. The molecule has 0 atom stereocenters. The number of hydrogen-bond acceptors (Lipinski definition) is 2. The van der Waals surface area contributed by atoms with Crippen molar-refractivity contribution in [2.45, 2.75) is 0 Å². The van der Waals surface area contributed by atoms with E-state index in [0.29, 0.717) is 17.7 Å². The van der Waals surface area contributed by atoms with Crippen molar-refractivity contribution in [3.05, 3.63) is 71.0 Å². The smallest absolute Gasteiger partial charge is 0.338 e. The standard InChI is InChI=1S/C7H3F3O2.C7H7NO/c8-4-2-1-3(7(11)12)5(9)6(4)10;8-7(9)6-4-2-1-3-5-6/h1-2H,(H,11,12);1-5H,(H2,8,9). The van der Waals surface area contributed by atoms with E-state index in [9.17, 15) is 22.8 Å². The average Bonchev–Trinajstić information content (AvgIpc) is 2.46. The van der Waals surface area contributed by atoms with E-state index < -0.39 is 29.0 Å². The molecule has 0 aliphatic carbocycles. The van der Waals surface area contributed by atoms with Gasteiger partial charge < -0.3 is 10.8 Å². The Kier molecular flexibility index (Phi) is 5.48. The van der Waals surface area contributed by atoms with Gasteiger partial charge in [0.05, 0.1) is 5.56 Å². The monoisotopic (exact) mass is 297 g/mol. The molecule has 2 aromatic carbocycles. The summed E-state index contributed by atoms with van der Waals surface area (Å²) in [5.74, 6) is -6.86. The van der Waals surface area contributed by atoms with Gasteiger partial charge >= 0.3 is 5.97 Å². The molecule has 0 saturated carbocycles. The van der Waals surface area contributed by atoms with Crippen molar-refractivity contribution >= 4 is 11.9 Å². The van der Waals surface area contributed by atoms with Crippen molar-refractivity contribution in [1.82, 2.24) is 0 Å². The lowest BCUT2D eigenvalue weighted by molar-refractivity contribution is 0.0690. The molecule has 4 nitrogen and oxygen atoms in total. The van der Waals surface area contributed by atoms with Gasteiger partial charge in [-0.2, -0.15) is 0 Å². The van der Waals surface area contributed by atoms with Gasteiger partial charge in [-0.3, -0.25) is 4.79 Å². The maximum Gasteiger partial charge on any atom is 0.338 e. The number of aromatic carboxylic acids is 1. The fraction of sp³-hybridized carbons (Fsp3) is 0. The van der Waals surface area contributed by atoms with E-state index in [1.807, 2.05) is 6.07 Å².